The average Bonchev–Trinajstić information content (AvgIpc) is 2.69. The highest BCUT2D eigenvalue weighted by molar-refractivity contribution is 5.77. The molecular formula is C11H12FNO2. The van der Waals surface area contributed by atoms with E-state index in [4.69, 9.17) is 5.11 Å². The van der Waals surface area contributed by atoms with Crippen molar-refractivity contribution in [1.29, 1.82) is 0 Å². The molecule has 15 heavy (non-hydrogen) atoms. The van der Waals surface area contributed by atoms with Gasteiger partial charge in [0.15, 0.2) is 0 Å². The van der Waals surface area contributed by atoms with Crippen LogP contribution in [0.1, 0.15) is 25.3 Å². The predicted octanol–water partition coefficient (Wildman–Crippen LogP) is 2.04. The zero-order valence-corrected chi connectivity index (χ0v) is 8.57. The Balaban J connectivity index is 2.31. The van der Waals surface area contributed by atoms with Gasteiger partial charge in [0.25, 0.3) is 0 Å². The summed E-state index contributed by atoms with van der Waals surface area (Å²) in [6.45, 7) is 3.75. The minimum Gasteiger partial charge on any atom is -0.481 e. The number of carboxylic acid groups (broad SMARTS) is 1. The Labute approximate surface area is 87.0 Å². The standard InChI is InChI=1S/C11H12FNO2/c1-11(2)8(9(11)10(14)15)6-3-7(12)5-13-4-6/h3-5,8-9H,1-2H3,(H,14,15)/t8-,9+/m1/s1. The summed E-state index contributed by atoms with van der Waals surface area (Å²) in [6.07, 6.45) is 2.66. The van der Waals surface area contributed by atoms with Gasteiger partial charge in [0, 0.05) is 12.1 Å². The molecule has 0 aromatic carbocycles. The van der Waals surface area contributed by atoms with E-state index in [0.717, 1.165) is 6.20 Å². The van der Waals surface area contributed by atoms with Crippen LogP contribution in [0.25, 0.3) is 0 Å². The second-order valence-corrected chi connectivity index (χ2v) is 4.55. The van der Waals surface area contributed by atoms with Gasteiger partial charge in [0.2, 0.25) is 0 Å². The number of nitrogens with zero attached hydrogens (tertiary/aromatic N) is 1. The molecule has 4 heteroatoms. The lowest BCUT2D eigenvalue weighted by molar-refractivity contribution is -0.139. The van der Waals surface area contributed by atoms with E-state index in [9.17, 15) is 9.18 Å². The highest BCUT2D eigenvalue weighted by Gasteiger charge is 2.62. The van der Waals surface area contributed by atoms with Crippen LogP contribution in [0.2, 0.25) is 0 Å². The molecule has 1 N–H and O–H groups in total. The van der Waals surface area contributed by atoms with Crippen molar-refractivity contribution in [3.05, 3.63) is 29.8 Å². The Morgan fingerprint density at radius 1 is 1.53 bits per heavy atom. The van der Waals surface area contributed by atoms with Crippen LogP contribution in [-0.2, 0) is 4.79 Å². The zero-order chi connectivity index (χ0) is 11.2. The molecule has 1 aliphatic rings. The van der Waals surface area contributed by atoms with Crippen molar-refractivity contribution >= 4 is 5.97 Å². The van der Waals surface area contributed by atoms with Crippen LogP contribution in [0, 0.1) is 17.2 Å². The molecule has 1 saturated carbocycles. The van der Waals surface area contributed by atoms with E-state index < -0.39 is 17.7 Å². The molecule has 3 nitrogen and oxygen atoms in total. The van der Waals surface area contributed by atoms with Crippen molar-refractivity contribution in [2.45, 2.75) is 19.8 Å². The van der Waals surface area contributed by atoms with Crippen LogP contribution in [-0.4, -0.2) is 16.1 Å². The van der Waals surface area contributed by atoms with E-state index >= 15 is 0 Å². The summed E-state index contributed by atoms with van der Waals surface area (Å²) in [5, 5.41) is 8.98. The molecule has 80 valence electrons. The number of halogens is 1. The van der Waals surface area contributed by atoms with Crippen LogP contribution >= 0.6 is 0 Å². The van der Waals surface area contributed by atoms with Gasteiger partial charge in [0.05, 0.1) is 12.1 Å². The number of carboxylic acids is 1. The van der Waals surface area contributed by atoms with Gasteiger partial charge in [0.1, 0.15) is 5.82 Å². The van der Waals surface area contributed by atoms with Gasteiger partial charge in [-0.1, -0.05) is 13.8 Å². The van der Waals surface area contributed by atoms with Crippen molar-refractivity contribution in [2.24, 2.45) is 11.3 Å². The summed E-state index contributed by atoms with van der Waals surface area (Å²) < 4.78 is 12.9. The van der Waals surface area contributed by atoms with E-state index in [1.807, 2.05) is 13.8 Å². The first-order valence-electron chi connectivity index (χ1n) is 4.78. The number of carbonyl (C=O) groups is 1. The largest absolute Gasteiger partial charge is 0.481 e. The van der Waals surface area contributed by atoms with Gasteiger partial charge in [-0.05, 0) is 17.0 Å². The van der Waals surface area contributed by atoms with Crippen LogP contribution in [0.4, 0.5) is 4.39 Å². The molecule has 1 fully saturated rings. The first-order valence-corrected chi connectivity index (χ1v) is 4.78. The van der Waals surface area contributed by atoms with Crippen LogP contribution in [0.15, 0.2) is 18.5 Å². The zero-order valence-electron chi connectivity index (χ0n) is 8.57. The third kappa shape index (κ3) is 1.50. The number of rotatable bonds is 2. The molecule has 0 amide bonds. The minimum atomic E-state index is -0.825. The molecule has 0 unspecified atom stereocenters. The predicted molar refractivity (Wildman–Crippen MR) is 51.8 cm³/mol. The SMILES string of the molecule is CC1(C)[C@H](C(=O)O)[C@H]1c1cncc(F)c1. The summed E-state index contributed by atoms with van der Waals surface area (Å²) >= 11 is 0. The lowest BCUT2D eigenvalue weighted by Gasteiger charge is -2.01. The smallest absolute Gasteiger partial charge is 0.307 e. The molecule has 0 aliphatic heterocycles. The van der Waals surface area contributed by atoms with Crippen LogP contribution in [0.5, 0.6) is 0 Å². The number of aromatic nitrogens is 1. The van der Waals surface area contributed by atoms with Crippen LogP contribution in [0.3, 0.4) is 0 Å². The lowest BCUT2D eigenvalue weighted by atomic mass is 10.1. The van der Waals surface area contributed by atoms with E-state index in [0.29, 0.717) is 5.56 Å². The highest BCUT2D eigenvalue weighted by atomic mass is 19.1. The number of hydrogen-bond donors (Lipinski definition) is 1. The molecule has 1 aliphatic carbocycles. The second kappa shape index (κ2) is 3.02. The third-order valence-electron chi connectivity index (χ3n) is 3.18. The highest BCUT2D eigenvalue weighted by Crippen LogP contribution is 2.64. The van der Waals surface area contributed by atoms with Gasteiger partial charge in [-0.3, -0.25) is 9.78 Å². The lowest BCUT2D eigenvalue weighted by Crippen LogP contribution is -2.03. The minimum absolute atomic E-state index is 0.127. The Kier molecular flexibility index (Phi) is 2.03. The van der Waals surface area contributed by atoms with E-state index in [-0.39, 0.29) is 11.3 Å². The molecule has 2 atom stereocenters. The normalized spacial score (nSPS) is 27.4. The number of aliphatic carboxylic acids is 1. The monoisotopic (exact) mass is 209 g/mol. The topological polar surface area (TPSA) is 50.2 Å². The summed E-state index contributed by atoms with van der Waals surface area (Å²) in [5.41, 5.74) is 0.369. The van der Waals surface area contributed by atoms with Gasteiger partial charge < -0.3 is 5.11 Å². The Morgan fingerprint density at radius 3 is 2.67 bits per heavy atom. The van der Waals surface area contributed by atoms with Crippen LogP contribution < -0.4 is 0 Å². The number of pyridine rings is 1. The Bertz CT molecular complexity index is 417. The molecule has 0 radical (unpaired) electrons. The maximum atomic E-state index is 12.9. The molecule has 1 aromatic rings. The maximum Gasteiger partial charge on any atom is 0.307 e. The Hall–Kier alpha value is -1.45. The second-order valence-electron chi connectivity index (χ2n) is 4.55. The van der Waals surface area contributed by atoms with Gasteiger partial charge in [-0.15, -0.1) is 0 Å². The molecule has 0 saturated heterocycles. The van der Waals surface area contributed by atoms with E-state index in [1.54, 1.807) is 6.20 Å². The van der Waals surface area contributed by atoms with Crippen molar-refractivity contribution in [1.82, 2.24) is 4.98 Å². The number of hydrogen-bond acceptors (Lipinski definition) is 2. The summed E-state index contributed by atoms with van der Waals surface area (Å²) in [7, 11) is 0. The quantitative estimate of drug-likeness (QED) is 0.810. The van der Waals surface area contributed by atoms with Crippen molar-refractivity contribution < 1.29 is 14.3 Å². The van der Waals surface area contributed by atoms with Gasteiger partial charge >= 0.3 is 5.97 Å². The maximum absolute atomic E-state index is 12.9. The molecular weight excluding hydrogens is 197 g/mol. The van der Waals surface area contributed by atoms with Crippen molar-refractivity contribution in [3.63, 3.8) is 0 Å². The molecule has 0 spiro atoms. The summed E-state index contributed by atoms with van der Waals surface area (Å²) in [4.78, 5) is 14.7. The molecule has 1 aromatic heterocycles. The first-order chi connectivity index (χ1) is 6.94. The van der Waals surface area contributed by atoms with Crippen molar-refractivity contribution in [2.75, 3.05) is 0 Å². The van der Waals surface area contributed by atoms with Gasteiger partial charge in [-0.25, -0.2) is 4.39 Å². The third-order valence-corrected chi connectivity index (χ3v) is 3.18. The van der Waals surface area contributed by atoms with Gasteiger partial charge in [-0.2, -0.15) is 0 Å². The summed E-state index contributed by atoms with van der Waals surface area (Å²) in [5.74, 6) is -1.80. The molecule has 1 heterocycles. The Morgan fingerprint density at radius 2 is 2.20 bits per heavy atom. The fourth-order valence-corrected chi connectivity index (χ4v) is 2.32. The van der Waals surface area contributed by atoms with Crippen molar-refractivity contribution in [3.8, 4) is 0 Å². The fraction of sp³-hybridized carbons (Fsp3) is 0.455. The van der Waals surface area contributed by atoms with E-state index in [2.05, 4.69) is 4.98 Å². The molecule has 0 bridgehead atoms. The fourth-order valence-electron chi connectivity index (χ4n) is 2.32. The van der Waals surface area contributed by atoms with E-state index in [1.165, 1.54) is 6.07 Å². The average molecular weight is 209 g/mol. The molecule has 2 rings (SSSR count). The summed E-state index contributed by atoms with van der Waals surface area (Å²) in [6, 6.07) is 1.36. The first kappa shape index (κ1) is 10.1.